The van der Waals surface area contributed by atoms with Crippen molar-refractivity contribution in [2.45, 2.75) is 38.5 Å². The number of hydrogen-bond acceptors (Lipinski definition) is 0. The predicted octanol–water partition coefficient (Wildman–Crippen LogP) is -1.16. The minimum Gasteiger partial charge on any atom is -0.195 e. The molecular formula is C20H20Li2. The monoisotopic (exact) mass is 274 g/mol. The summed E-state index contributed by atoms with van der Waals surface area (Å²) in [5.74, 6) is 0. The average molecular weight is 274 g/mol. The van der Waals surface area contributed by atoms with E-state index in [2.05, 4.69) is 76.2 Å². The van der Waals surface area contributed by atoms with E-state index >= 15 is 0 Å². The van der Waals surface area contributed by atoms with Crippen molar-refractivity contribution in [3.63, 3.8) is 0 Å². The van der Waals surface area contributed by atoms with Crippen LogP contribution in [-0.4, -0.2) is 0 Å². The van der Waals surface area contributed by atoms with E-state index < -0.39 is 0 Å². The minimum atomic E-state index is 0. The first kappa shape index (κ1) is 19.4. The Morgan fingerprint density at radius 2 is 1.23 bits per heavy atom. The molecular weight excluding hydrogens is 254 g/mol. The summed E-state index contributed by atoms with van der Waals surface area (Å²) in [5, 5.41) is 0. The zero-order chi connectivity index (χ0) is 14.4. The summed E-state index contributed by atoms with van der Waals surface area (Å²) in [4.78, 5) is 0. The first-order chi connectivity index (χ1) is 9.44. The van der Waals surface area contributed by atoms with Gasteiger partial charge in [0, 0.05) is 10.8 Å². The van der Waals surface area contributed by atoms with Crippen molar-refractivity contribution in [1.82, 2.24) is 0 Å². The molecule has 2 heteroatoms. The van der Waals surface area contributed by atoms with Crippen LogP contribution in [0.3, 0.4) is 0 Å². The van der Waals surface area contributed by atoms with Gasteiger partial charge in [0.25, 0.3) is 0 Å². The molecule has 0 unspecified atom stereocenters. The van der Waals surface area contributed by atoms with Crippen LogP contribution in [0.2, 0.25) is 0 Å². The van der Waals surface area contributed by atoms with E-state index in [0.717, 1.165) is 5.56 Å². The third-order valence-electron chi connectivity index (χ3n) is 4.51. The summed E-state index contributed by atoms with van der Waals surface area (Å²) < 4.78 is 0. The smallest absolute Gasteiger partial charge is 0.195 e. The van der Waals surface area contributed by atoms with Gasteiger partial charge in [0.05, 0.1) is 0 Å². The largest absolute Gasteiger partial charge is 1.00 e. The van der Waals surface area contributed by atoms with Crippen molar-refractivity contribution >= 4 is 0 Å². The van der Waals surface area contributed by atoms with E-state index in [1.165, 1.54) is 16.7 Å². The van der Waals surface area contributed by atoms with Crippen LogP contribution in [0, 0.1) is 12.1 Å². The van der Waals surface area contributed by atoms with E-state index in [-0.39, 0.29) is 48.6 Å². The Labute approximate surface area is 158 Å². The Morgan fingerprint density at radius 1 is 0.773 bits per heavy atom. The molecule has 0 atom stereocenters. The van der Waals surface area contributed by atoms with Crippen LogP contribution in [0.15, 0.2) is 54.1 Å². The van der Waals surface area contributed by atoms with E-state index in [1.54, 1.807) is 0 Å². The summed E-state index contributed by atoms with van der Waals surface area (Å²) in [6, 6.07) is 19.9. The standard InChI is InChI=1S/C20H20.2Li/c1-19(2)16-12-8-9-13-17(16)20(3,4)18(19)14-15-10-6-5-7-11-15;;/h6-13H,1-4H3;;/q-2;2*+1. The fourth-order valence-corrected chi connectivity index (χ4v) is 3.55. The molecule has 0 N–H and O–H groups in total. The molecule has 0 bridgehead atoms. The normalized spacial score (nSPS) is 17.0. The number of benzene rings is 2. The van der Waals surface area contributed by atoms with E-state index in [0.29, 0.717) is 0 Å². The molecule has 0 nitrogen and oxygen atoms in total. The van der Waals surface area contributed by atoms with Gasteiger partial charge in [0.15, 0.2) is 0 Å². The molecule has 0 saturated carbocycles. The van der Waals surface area contributed by atoms with Gasteiger partial charge in [-0.1, -0.05) is 52.0 Å². The summed E-state index contributed by atoms with van der Waals surface area (Å²) >= 11 is 0. The molecule has 3 rings (SSSR count). The zero-order valence-corrected chi connectivity index (χ0v) is 14.6. The second-order valence-electron chi connectivity index (χ2n) is 6.58. The quantitative estimate of drug-likeness (QED) is 0.455. The molecule has 2 aromatic rings. The molecule has 22 heavy (non-hydrogen) atoms. The maximum atomic E-state index is 3.66. The van der Waals surface area contributed by atoms with E-state index in [9.17, 15) is 0 Å². The fourth-order valence-electron chi connectivity index (χ4n) is 3.55. The van der Waals surface area contributed by atoms with E-state index in [4.69, 9.17) is 0 Å². The maximum absolute atomic E-state index is 3.66. The minimum absolute atomic E-state index is 0. The molecule has 1 aliphatic carbocycles. The third kappa shape index (κ3) is 3.04. The first-order valence-electron chi connectivity index (χ1n) is 7.15. The van der Waals surface area contributed by atoms with Crippen LogP contribution in [0.25, 0.3) is 0 Å². The second-order valence-corrected chi connectivity index (χ2v) is 6.58. The molecule has 0 amide bonds. The molecule has 0 radical (unpaired) electrons. The van der Waals surface area contributed by atoms with Crippen molar-refractivity contribution < 1.29 is 37.7 Å². The zero-order valence-electron chi connectivity index (χ0n) is 14.6. The average Bonchev–Trinajstić information content (AvgIpc) is 2.59. The van der Waals surface area contributed by atoms with Crippen molar-refractivity contribution in [3.05, 3.63) is 82.9 Å². The second kappa shape index (κ2) is 6.87. The first-order valence-corrected chi connectivity index (χ1v) is 7.15. The SMILES string of the molecule is CC1(C)C(=[C-]c2cc[c-]cc2)C(C)(C)c2ccccc21.[Li+].[Li+]. The fraction of sp³-hybridized carbons (Fsp3) is 0.300. The molecule has 0 saturated heterocycles. The summed E-state index contributed by atoms with van der Waals surface area (Å²) in [7, 11) is 0. The number of rotatable bonds is 1. The van der Waals surface area contributed by atoms with Gasteiger partial charge < -0.3 is 0 Å². The Kier molecular flexibility index (Phi) is 6.06. The number of hydrogen-bond donors (Lipinski definition) is 0. The van der Waals surface area contributed by atoms with Gasteiger partial charge in [0.1, 0.15) is 0 Å². The Bertz CT molecular complexity index is 630. The van der Waals surface area contributed by atoms with Crippen LogP contribution in [0.1, 0.15) is 44.4 Å². The van der Waals surface area contributed by atoms with Gasteiger partial charge in [0.2, 0.25) is 0 Å². The van der Waals surface area contributed by atoms with Gasteiger partial charge in [-0.2, -0.15) is 42.0 Å². The summed E-state index contributed by atoms with van der Waals surface area (Å²) in [6.07, 6.45) is 3.66. The van der Waals surface area contributed by atoms with Crippen LogP contribution in [0.5, 0.6) is 0 Å². The summed E-state index contributed by atoms with van der Waals surface area (Å²) in [6.45, 7) is 9.21. The van der Waals surface area contributed by atoms with Crippen molar-refractivity contribution in [2.24, 2.45) is 0 Å². The number of fused-ring (bicyclic) bond motifs is 1. The molecule has 0 fully saturated rings. The molecule has 0 aromatic heterocycles. The van der Waals surface area contributed by atoms with Crippen molar-refractivity contribution in [3.8, 4) is 0 Å². The molecule has 0 aliphatic heterocycles. The molecule has 2 aromatic carbocycles. The topological polar surface area (TPSA) is 0 Å². The van der Waals surface area contributed by atoms with Crippen LogP contribution >= 0.6 is 0 Å². The van der Waals surface area contributed by atoms with Crippen LogP contribution in [-0.2, 0) is 10.8 Å². The molecule has 102 valence electrons. The Hall–Kier alpha value is -0.625. The maximum Gasteiger partial charge on any atom is 1.00 e. The third-order valence-corrected chi connectivity index (χ3v) is 4.51. The van der Waals surface area contributed by atoms with Gasteiger partial charge in [-0.15, -0.1) is 5.57 Å². The van der Waals surface area contributed by atoms with Gasteiger partial charge in [-0.05, 0) is 11.1 Å². The summed E-state index contributed by atoms with van der Waals surface area (Å²) in [5.41, 5.74) is 5.40. The van der Waals surface area contributed by atoms with Crippen LogP contribution < -0.4 is 37.7 Å². The Balaban J connectivity index is 0.00000121. The van der Waals surface area contributed by atoms with Gasteiger partial charge in [-0.3, -0.25) is 0 Å². The predicted molar refractivity (Wildman–Crippen MR) is 83.6 cm³/mol. The van der Waals surface area contributed by atoms with Crippen LogP contribution in [0.4, 0.5) is 0 Å². The molecule has 0 heterocycles. The van der Waals surface area contributed by atoms with Crippen molar-refractivity contribution in [1.29, 1.82) is 0 Å². The van der Waals surface area contributed by atoms with Gasteiger partial charge in [-0.25, -0.2) is 0 Å². The Morgan fingerprint density at radius 3 is 1.68 bits per heavy atom. The molecule has 0 spiro atoms. The van der Waals surface area contributed by atoms with E-state index in [1.807, 2.05) is 12.1 Å². The van der Waals surface area contributed by atoms with Crippen molar-refractivity contribution in [2.75, 3.05) is 0 Å². The molecule has 1 aliphatic rings. The van der Waals surface area contributed by atoms with Gasteiger partial charge >= 0.3 is 37.7 Å². The number of allylic oxidation sites excluding steroid dienone is 1.